The Morgan fingerprint density at radius 1 is 1.46 bits per heavy atom. The SMILES string of the molecule is Cc1cc(CN2CC[C@H]3C[C@@H](C(=O)NCc4cccnc4)O[C@H]3C2)no1. The first-order chi connectivity index (χ1) is 12.7. The maximum absolute atomic E-state index is 12.4. The minimum absolute atomic E-state index is 0.0260. The highest BCUT2D eigenvalue weighted by molar-refractivity contribution is 5.81. The molecule has 2 fully saturated rings. The number of aryl methyl sites for hydroxylation is 1. The Balaban J connectivity index is 1.28. The topological polar surface area (TPSA) is 80.5 Å². The van der Waals surface area contributed by atoms with Crippen LogP contribution in [0.15, 0.2) is 35.1 Å². The van der Waals surface area contributed by atoms with E-state index < -0.39 is 0 Å². The van der Waals surface area contributed by atoms with Gasteiger partial charge in [0, 0.05) is 38.1 Å². The lowest BCUT2D eigenvalue weighted by Crippen LogP contribution is -2.42. The number of nitrogens with zero attached hydrogens (tertiary/aromatic N) is 3. The maximum atomic E-state index is 12.4. The third-order valence-corrected chi connectivity index (χ3v) is 5.18. The van der Waals surface area contributed by atoms with Gasteiger partial charge in [0.1, 0.15) is 11.9 Å². The Hall–Kier alpha value is -2.25. The Bertz CT molecular complexity index is 748. The van der Waals surface area contributed by atoms with Crippen LogP contribution in [0.5, 0.6) is 0 Å². The summed E-state index contributed by atoms with van der Waals surface area (Å²) in [5.41, 5.74) is 1.94. The number of fused-ring (bicyclic) bond motifs is 1. The number of hydrogen-bond acceptors (Lipinski definition) is 6. The highest BCUT2D eigenvalue weighted by atomic mass is 16.5. The normalized spacial score (nSPS) is 25.8. The highest BCUT2D eigenvalue weighted by Gasteiger charge is 2.41. The fourth-order valence-electron chi connectivity index (χ4n) is 3.83. The Morgan fingerprint density at radius 2 is 2.38 bits per heavy atom. The minimum atomic E-state index is -0.351. The number of aromatic nitrogens is 2. The molecular weight excluding hydrogens is 332 g/mol. The maximum Gasteiger partial charge on any atom is 0.249 e. The molecule has 4 heterocycles. The van der Waals surface area contributed by atoms with Gasteiger partial charge >= 0.3 is 0 Å². The number of carbonyl (C=O) groups excluding carboxylic acids is 1. The molecule has 7 heteroatoms. The minimum Gasteiger partial charge on any atom is -0.364 e. The number of carbonyl (C=O) groups is 1. The van der Waals surface area contributed by atoms with Crippen LogP contribution >= 0.6 is 0 Å². The largest absolute Gasteiger partial charge is 0.364 e. The molecule has 1 amide bonds. The zero-order chi connectivity index (χ0) is 17.9. The van der Waals surface area contributed by atoms with Crippen LogP contribution < -0.4 is 5.32 Å². The summed E-state index contributed by atoms with van der Waals surface area (Å²) in [5.74, 6) is 1.26. The number of pyridine rings is 1. The van der Waals surface area contributed by atoms with Crippen molar-refractivity contribution in [3.05, 3.63) is 47.6 Å². The van der Waals surface area contributed by atoms with Crippen molar-refractivity contribution < 1.29 is 14.1 Å². The monoisotopic (exact) mass is 356 g/mol. The molecule has 26 heavy (non-hydrogen) atoms. The fourth-order valence-corrected chi connectivity index (χ4v) is 3.83. The van der Waals surface area contributed by atoms with Gasteiger partial charge in [-0.2, -0.15) is 0 Å². The van der Waals surface area contributed by atoms with Crippen molar-refractivity contribution in [2.24, 2.45) is 5.92 Å². The van der Waals surface area contributed by atoms with Crippen molar-refractivity contribution in [1.29, 1.82) is 0 Å². The Morgan fingerprint density at radius 3 is 3.15 bits per heavy atom. The molecule has 0 aromatic carbocycles. The van der Waals surface area contributed by atoms with E-state index >= 15 is 0 Å². The van der Waals surface area contributed by atoms with Crippen LogP contribution in [-0.4, -0.2) is 46.2 Å². The predicted molar refractivity (Wildman–Crippen MR) is 94.0 cm³/mol. The van der Waals surface area contributed by atoms with Crippen molar-refractivity contribution >= 4 is 5.91 Å². The zero-order valence-corrected chi connectivity index (χ0v) is 14.9. The van der Waals surface area contributed by atoms with Crippen molar-refractivity contribution in [2.75, 3.05) is 13.1 Å². The highest BCUT2D eigenvalue weighted by Crippen LogP contribution is 2.33. The van der Waals surface area contributed by atoms with Gasteiger partial charge in [-0.05, 0) is 43.9 Å². The van der Waals surface area contributed by atoms with E-state index in [1.807, 2.05) is 25.1 Å². The van der Waals surface area contributed by atoms with Gasteiger partial charge in [0.05, 0.1) is 11.8 Å². The molecule has 0 bridgehead atoms. The summed E-state index contributed by atoms with van der Waals surface area (Å²) in [7, 11) is 0. The van der Waals surface area contributed by atoms with Crippen molar-refractivity contribution in [1.82, 2.24) is 20.4 Å². The summed E-state index contributed by atoms with van der Waals surface area (Å²) < 4.78 is 11.2. The lowest BCUT2D eigenvalue weighted by atomic mass is 9.91. The van der Waals surface area contributed by atoms with Crippen LogP contribution in [0.1, 0.15) is 29.9 Å². The quantitative estimate of drug-likeness (QED) is 0.878. The van der Waals surface area contributed by atoms with Crippen LogP contribution in [0.4, 0.5) is 0 Å². The van der Waals surface area contributed by atoms with Crippen LogP contribution in [0.3, 0.4) is 0 Å². The molecule has 0 radical (unpaired) electrons. The van der Waals surface area contributed by atoms with E-state index in [0.29, 0.717) is 12.5 Å². The molecule has 2 aliphatic heterocycles. The summed E-state index contributed by atoms with van der Waals surface area (Å²) in [5, 5.41) is 7.03. The first-order valence-corrected chi connectivity index (χ1v) is 9.14. The second-order valence-electron chi connectivity index (χ2n) is 7.19. The van der Waals surface area contributed by atoms with Crippen LogP contribution in [0.25, 0.3) is 0 Å². The van der Waals surface area contributed by atoms with Crippen molar-refractivity contribution in [3.8, 4) is 0 Å². The van der Waals surface area contributed by atoms with Gasteiger partial charge in [-0.3, -0.25) is 14.7 Å². The fraction of sp³-hybridized carbons (Fsp3) is 0.526. The molecule has 2 saturated heterocycles. The molecular formula is C19H24N4O3. The van der Waals surface area contributed by atoms with Gasteiger partial charge < -0.3 is 14.6 Å². The van der Waals surface area contributed by atoms with Gasteiger partial charge in [-0.25, -0.2) is 0 Å². The van der Waals surface area contributed by atoms with Crippen LogP contribution in [-0.2, 0) is 22.6 Å². The Labute approximate surface area is 152 Å². The second kappa shape index (κ2) is 7.55. The number of nitrogens with one attached hydrogen (secondary N) is 1. The van der Waals surface area contributed by atoms with Crippen LogP contribution in [0.2, 0.25) is 0 Å². The van der Waals surface area contributed by atoms with Gasteiger partial charge in [0.25, 0.3) is 0 Å². The van der Waals surface area contributed by atoms with E-state index in [-0.39, 0.29) is 18.1 Å². The van der Waals surface area contributed by atoms with Gasteiger partial charge in [-0.15, -0.1) is 0 Å². The van der Waals surface area contributed by atoms with Crippen LogP contribution in [0, 0.1) is 12.8 Å². The number of hydrogen-bond donors (Lipinski definition) is 1. The predicted octanol–water partition coefficient (Wildman–Crippen LogP) is 1.67. The molecule has 2 aliphatic rings. The van der Waals surface area contributed by atoms with E-state index in [9.17, 15) is 4.79 Å². The van der Waals surface area contributed by atoms with Gasteiger partial charge in [-0.1, -0.05) is 11.2 Å². The zero-order valence-electron chi connectivity index (χ0n) is 14.9. The molecule has 2 aromatic rings. The molecule has 138 valence electrons. The van der Waals surface area contributed by atoms with Gasteiger partial charge in [0.2, 0.25) is 5.91 Å². The average molecular weight is 356 g/mol. The number of rotatable bonds is 5. The smallest absolute Gasteiger partial charge is 0.249 e. The molecule has 4 rings (SSSR count). The molecule has 0 saturated carbocycles. The molecule has 2 aromatic heterocycles. The Kier molecular flexibility index (Phi) is 4.99. The van der Waals surface area contributed by atoms with Crippen molar-refractivity contribution in [2.45, 2.75) is 45.1 Å². The third-order valence-electron chi connectivity index (χ3n) is 5.18. The van der Waals surface area contributed by atoms with E-state index in [0.717, 1.165) is 49.5 Å². The standard InChI is InChI=1S/C19H24N4O3/c1-13-7-16(22-26-13)11-23-6-4-15-8-17(25-18(15)12-23)19(24)21-10-14-3-2-5-20-9-14/h2-3,5,7,9,15,17-18H,4,6,8,10-12H2,1H3,(H,21,24)/t15-,17-,18-/m0/s1. The first-order valence-electron chi connectivity index (χ1n) is 9.14. The summed E-state index contributed by atoms with van der Waals surface area (Å²) in [4.78, 5) is 18.8. The second-order valence-corrected chi connectivity index (χ2v) is 7.19. The summed E-state index contributed by atoms with van der Waals surface area (Å²) in [6, 6.07) is 5.79. The molecule has 0 unspecified atom stereocenters. The van der Waals surface area contributed by atoms with E-state index in [1.54, 1.807) is 12.4 Å². The number of amides is 1. The molecule has 3 atom stereocenters. The average Bonchev–Trinajstić information content (AvgIpc) is 3.26. The number of ether oxygens (including phenoxy) is 1. The van der Waals surface area contributed by atoms with Gasteiger partial charge in [0.15, 0.2) is 0 Å². The summed E-state index contributed by atoms with van der Waals surface area (Å²) >= 11 is 0. The molecule has 1 N–H and O–H groups in total. The summed E-state index contributed by atoms with van der Waals surface area (Å²) in [6.45, 7) is 4.99. The third kappa shape index (κ3) is 3.94. The number of likely N-dealkylation sites (tertiary alicyclic amines) is 1. The molecule has 0 aliphatic carbocycles. The first kappa shape index (κ1) is 17.2. The lowest BCUT2D eigenvalue weighted by Gasteiger charge is -2.33. The van der Waals surface area contributed by atoms with Crippen molar-refractivity contribution in [3.63, 3.8) is 0 Å². The summed E-state index contributed by atoms with van der Waals surface area (Å²) in [6.07, 6.45) is 5.11. The number of piperidine rings is 1. The van der Waals surface area contributed by atoms with E-state index in [4.69, 9.17) is 9.26 Å². The lowest BCUT2D eigenvalue weighted by molar-refractivity contribution is -0.133. The molecule has 0 spiro atoms. The van der Waals surface area contributed by atoms with E-state index in [2.05, 4.69) is 20.4 Å². The van der Waals surface area contributed by atoms with E-state index in [1.165, 1.54) is 0 Å². The molecule has 7 nitrogen and oxygen atoms in total.